The fraction of sp³-hybridized carbons (Fsp3) is 0.167. The maximum Gasteiger partial charge on any atom is 0.311 e. The lowest BCUT2D eigenvalue weighted by molar-refractivity contribution is -0.385. The highest BCUT2D eigenvalue weighted by atomic mass is 32.2. The number of anilines is 1. The zero-order chi connectivity index (χ0) is 27.3. The number of ether oxygens (including phenoxy) is 3. The van der Waals surface area contributed by atoms with Crippen LogP contribution in [0.3, 0.4) is 0 Å². The van der Waals surface area contributed by atoms with Crippen LogP contribution in [0.1, 0.15) is 5.56 Å². The summed E-state index contributed by atoms with van der Waals surface area (Å²) in [5.74, 6) is -0.744. The van der Waals surface area contributed by atoms with E-state index in [0.717, 1.165) is 22.7 Å². The van der Waals surface area contributed by atoms with Gasteiger partial charge in [-0.3, -0.25) is 19.2 Å². The first-order chi connectivity index (χ1) is 18.2. The standard InChI is InChI=1S/C24H21FN4O8S/c1-35-21-8-2-16(12-20(21)29(31)32)14-26-27-24(30)15-28(18-5-3-17(25)4-6-18)38(33,34)19-7-9-22-23(13-19)37-11-10-36-22/h2-9,12-14H,10-11,15H2,1H3,(H,27,30)/b26-14+. The molecule has 1 amide bonds. The number of nitrogens with one attached hydrogen (secondary N) is 1. The second-order valence-electron chi connectivity index (χ2n) is 7.78. The van der Waals surface area contributed by atoms with Crippen molar-refractivity contribution in [3.8, 4) is 17.2 Å². The fourth-order valence-electron chi connectivity index (χ4n) is 3.51. The van der Waals surface area contributed by atoms with E-state index >= 15 is 0 Å². The molecule has 14 heteroatoms. The number of hydrogen-bond donors (Lipinski definition) is 1. The maximum atomic E-state index is 13.5. The molecule has 198 valence electrons. The summed E-state index contributed by atoms with van der Waals surface area (Å²) >= 11 is 0. The van der Waals surface area contributed by atoms with Gasteiger partial charge in [0.25, 0.3) is 15.9 Å². The summed E-state index contributed by atoms with van der Waals surface area (Å²) in [6.45, 7) is -0.135. The number of halogens is 1. The van der Waals surface area contributed by atoms with Gasteiger partial charge in [0, 0.05) is 17.7 Å². The van der Waals surface area contributed by atoms with Gasteiger partial charge in [0.1, 0.15) is 25.6 Å². The first-order valence-electron chi connectivity index (χ1n) is 11.0. The van der Waals surface area contributed by atoms with Crippen LogP contribution in [-0.2, 0) is 14.8 Å². The molecule has 12 nitrogen and oxygen atoms in total. The minimum absolute atomic E-state index is 0.0335. The van der Waals surface area contributed by atoms with Crippen LogP contribution in [0.15, 0.2) is 70.7 Å². The van der Waals surface area contributed by atoms with Gasteiger partial charge in [-0.25, -0.2) is 18.2 Å². The van der Waals surface area contributed by atoms with E-state index in [4.69, 9.17) is 14.2 Å². The number of methoxy groups -OCH3 is 1. The normalized spacial score (nSPS) is 12.7. The molecule has 1 N–H and O–H groups in total. The molecule has 0 fully saturated rings. The summed E-state index contributed by atoms with van der Waals surface area (Å²) in [7, 11) is -3.03. The number of nitro groups is 1. The second kappa shape index (κ2) is 11.1. The van der Waals surface area contributed by atoms with Gasteiger partial charge in [0.05, 0.1) is 28.8 Å². The Kier molecular flexibility index (Phi) is 7.71. The minimum atomic E-state index is -4.32. The number of hydrazone groups is 1. The average Bonchev–Trinajstić information content (AvgIpc) is 2.92. The van der Waals surface area contributed by atoms with Crippen molar-refractivity contribution < 1.29 is 36.7 Å². The molecular formula is C24H21FN4O8S. The van der Waals surface area contributed by atoms with E-state index in [1.165, 1.54) is 55.6 Å². The van der Waals surface area contributed by atoms with E-state index in [0.29, 0.717) is 12.4 Å². The number of carbonyl (C=O) groups excluding carboxylic acids is 1. The van der Waals surface area contributed by atoms with Crippen molar-refractivity contribution in [3.63, 3.8) is 0 Å². The number of nitrogens with zero attached hydrogens (tertiary/aromatic N) is 3. The zero-order valence-electron chi connectivity index (χ0n) is 19.9. The molecular weight excluding hydrogens is 523 g/mol. The number of sulfonamides is 1. The summed E-state index contributed by atoms with van der Waals surface area (Å²) in [5.41, 5.74) is 2.22. The van der Waals surface area contributed by atoms with Gasteiger partial charge >= 0.3 is 5.69 Å². The van der Waals surface area contributed by atoms with Crippen molar-refractivity contribution in [2.24, 2.45) is 5.10 Å². The molecule has 0 saturated heterocycles. The van der Waals surface area contributed by atoms with Gasteiger partial charge in [-0.1, -0.05) is 0 Å². The number of nitro benzene ring substituents is 1. The predicted octanol–water partition coefficient (Wildman–Crippen LogP) is 2.86. The van der Waals surface area contributed by atoms with Crippen LogP contribution in [0.25, 0.3) is 0 Å². The van der Waals surface area contributed by atoms with Crippen molar-refractivity contribution in [2.75, 3.05) is 31.2 Å². The van der Waals surface area contributed by atoms with E-state index < -0.39 is 33.2 Å². The second-order valence-corrected chi connectivity index (χ2v) is 9.64. The Morgan fingerprint density at radius 3 is 2.53 bits per heavy atom. The van der Waals surface area contributed by atoms with Gasteiger partial charge < -0.3 is 14.2 Å². The molecule has 0 aromatic heterocycles. The topological polar surface area (TPSA) is 150 Å². The molecule has 1 heterocycles. The number of amides is 1. The monoisotopic (exact) mass is 544 g/mol. The SMILES string of the molecule is COc1ccc(/C=N/NC(=O)CN(c2ccc(F)cc2)S(=O)(=O)c2ccc3c(c2)OCCO3)cc1[N+](=O)[O-]. The van der Waals surface area contributed by atoms with Crippen LogP contribution >= 0.6 is 0 Å². The Morgan fingerprint density at radius 2 is 1.84 bits per heavy atom. The largest absolute Gasteiger partial charge is 0.490 e. The van der Waals surface area contributed by atoms with Crippen molar-refractivity contribution in [1.82, 2.24) is 5.43 Å². The van der Waals surface area contributed by atoms with Gasteiger partial charge in [-0.05, 0) is 48.5 Å². The Bertz CT molecular complexity index is 1500. The molecule has 1 aliphatic rings. The van der Waals surface area contributed by atoms with Gasteiger partial charge in [0.15, 0.2) is 17.2 Å². The quantitative estimate of drug-likeness (QED) is 0.246. The predicted molar refractivity (Wildman–Crippen MR) is 134 cm³/mol. The van der Waals surface area contributed by atoms with Crippen LogP contribution in [0.4, 0.5) is 15.8 Å². The molecule has 1 aliphatic heterocycles. The molecule has 38 heavy (non-hydrogen) atoms. The highest BCUT2D eigenvalue weighted by Crippen LogP contribution is 2.34. The fourth-order valence-corrected chi connectivity index (χ4v) is 4.95. The number of benzene rings is 3. The van der Waals surface area contributed by atoms with Crippen LogP contribution in [0, 0.1) is 15.9 Å². The van der Waals surface area contributed by atoms with Gasteiger partial charge in [-0.2, -0.15) is 5.10 Å². The van der Waals surface area contributed by atoms with Crippen LogP contribution in [-0.4, -0.2) is 52.3 Å². The average molecular weight is 545 g/mol. The lowest BCUT2D eigenvalue weighted by Gasteiger charge is -2.25. The highest BCUT2D eigenvalue weighted by Gasteiger charge is 2.29. The van der Waals surface area contributed by atoms with Crippen LogP contribution in [0.2, 0.25) is 0 Å². The lowest BCUT2D eigenvalue weighted by atomic mass is 10.2. The first kappa shape index (κ1) is 26.3. The highest BCUT2D eigenvalue weighted by molar-refractivity contribution is 7.92. The number of hydrogen-bond acceptors (Lipinski definition) is 9. The molecule has 4 rings (SSSR count). The van der Waals surface area contributed by atoms with Crippen molar-refractivity contribution in [2.45, 2.75) is 4.90 Å². The van der Waals surface area contributed by atoms with Crippen LogP contribution in [0.5, 0.6) is 17.2 Å². The summed E-state index contributed by atoms with van der Waals surface area (Å²) in [5, 5.41) is 15.0. The molecule has 3 aromatic carbocycles. The third-order valence-corrected chi connectivity index (χ3v) is 7.08. The third-order valence-electron chi connectivity index (χ3n) is 5.31. The van der Waals surface area contributed by atoms with Gasteiger partial charge in [-0.15, -0.1) is 0 Å². The molecule has 0 aliphatic carbocycles. The van der Waals surface area contributed by atoms with E-state index in [-0.39, 0.29) is 39.9 Å². The van der Waals surface area contributed by atoms with Crippen molar-refractivity contribution >= 4 is 33.5 Å². The Morgan fingerprint density at radius 1 is 1.13 bits per heavy atom. The summed E-state index contributed by atoms with van der Waals surface area (Å²) in [6.07, 6.45) is 1.15. The summed E-state index contributed by atoms with van der Waals surface area (Å²) in [6, 6.07) is 12.7. The molecule has 0 unspecified atom stereocenters. The Labute approximate surface area is 216 Å². The maximum absolute atomic E-state index is 13.5. The molecule has 0 spiro atoms. The first-order valence-corrected chi connectivity index (χ1v) is 12.5. The lowest BCUT2D eigenvalue weighted by Crippen LogP contribution is -2.39. The van der Waals surface area contributed by atoms with E-state index in [9.17, 15) is 27.7 Å². The molecule has 0 radical (unpaired) electrons. The smallest absolute Gasteiger partial charge is 0.311 e. The molecule has 0 bridgehead atoms. The van der Waals surface area contributed by atoms with Gasteiger partial charge in [0.2, 0.25) is 0 Å². The molecule has 3 aromatic rings. The summed E-state index contributed by atoms with van der Waals surface area (Å²) in [4.78, 5) is 23.1. The Hall–Kier alpha value is -4.72. The summed E-state index contributed by atoms with van der Waals surface area (Å²) < 4.78 is 57.2. The number of rotatable bonds is 9. The molecule has 0 saturated carbocycles. The van der Waals surface area contributed by atoms with E-state index in [1.807, 2.05) is 0 Å². The number of carbonyl (C=O) groups is 1. The van der Waals surface area contributed by atoms with Crippen LogP contribution < -0.4 is 23.9 Å². The van der Waals surface area contributed by atoms with E-state index in [2.05, 4.69) is 10.5 Å². The minimum Gasteiger partial charge on any atom is -0.490 e. The van der Waals surface area contributed by atoms with Crippen molar-refractivity contribution in [3.05, 3.63) is 82.2 Å². The molecule has 0 atom stereocenters. The van der Waals surface area contributed by atoms with E-state index in [1.54, 1.807) is 0 Å². The zero-order valence-corrected chi connectivity index (χ0v) is 20.7. The third kappa shape index (κ3) is 5.81. The number of fused-ring (bicyclic) bond motifs is 1. The Balaban J connectivity index is 1.56. The van der Waals surface area contributed by atoms with Crippen molar-refractivity contribution in [1.29, 1.82) is 0 Å².